The predicted octanol–water partition coefficient (Wildman–Crippen LogP) is 13.3. The van der Waals surface area contributed by atoms with Gasteiger partial charge in [0.15, 0.2) is 12.2 Å². The van der Waals surface area contributed by atoms with Crippen LogP contribution in [-0.2, 0) is 65.4 Å². The average Bonchev–Trinajstić information content (AvgIpc) is 3.34. The number of aliphatic hydroxyl groups excluding tert-OH is 1. The minimum atomic E-state index is -4.92. The van der Waals surface area contributed by atoms with Gasteiger partial charge in [-0.2, -0.15) is 0 Å². The van der Waals surface area contributed by atoms with Gasteiger partial charge < -0.3 is 33.8 Å². The van der Waals surface area contributed by atoms with Crippen molar-refractivity contribution in [3.05, 3.63) is 0 Å². The summed E-state index contributed by atoms with van der Waals surface area (Å²) >= 11 is 0. The molecule has 420 valence electrons. The summed E-state index contributed by atoms with van der Waals surface area (Å²) in [6, 6.07) is 0. The molecule has 0 aromatic heterocycles. The van der Waals surface area contributed by atoms with E-state index in [2.05, 4.69) is 27.7 Å². The number of carbonyl (C=O) groups is 4. The lowest BCUT2D eigenvalue weighted by Gasteiger charge is -2.21. The van der Waals surface area contributed by atoms with E-state index in [1.165, 1.54) is 64.2 Å². The van der Waals surface area contributed by atoms with Crippen molar-refractivity contribution in [3.8, 4) is 0 Å². The van der Waals surface area contributed by atoms with Gasteiger partial charge in [-0.05, 0) is 25.7 Å². The molecule has 0 spiro atoms. The molecular weight excluding hydrogens is 959 g/mol. The Bertz CT molecular complexity index is 1400. The smallest absolute Gasteiger partial charge is 0.462 e. The number of phosphoric acid groups is 2. The normalized spacial score (nSPS) is 14.5. The summed E-state index contributed by atoms with van der Waals surface area (Å²) in [6.45, 7) is 4.65. The summed E-state index contributed by atoms with van der Waals surface area (Å²) in [7, 11) is -9.84. The molecule has 0 amide bonds. The van der Waals surface area contributed by atoms with E-state index in [9.17, 15) is 43.2 Å². The molecule has 3 N–H and O–H groups in total. The van der Waals surface area contributed by atoms with Crippen LogP contribution in [0.3, 0.4) is 0 Å². The zero-order valence-electron chi connectivity index (χ0n) is 44.7. The van der Waals surface area contributed by atoms with Crippen LogP contribution >= 0.6 is 15.6 Å². The van der Waals surface area contributed by atoms with Crippen LogP contribution in [0, 0.1) is 0 Å². The highest BCUT2D eigenvalue weighted by molar-refractivity contribution is 7.47. The van der Waals surface area contributed by atoms with Crippen LogP contribution in [-0.4, -0.2) is 96.7 Å². The highest BCUT2D eigenvalue weighted by Gasteiger charge is 2.30. The summed E-state index contributed by atoms with van der Waals surface area (Å²) in [4.78, 5) is 71.2. The molecule has 5 atom stereocenters. The van der Waals surface area contributed by atoms with Crippen LogP contribution in [0.25, 0.3) is 0 Å². The predicted molar refractivity (Wildman–Crippen MR) is 275 cm³/mol. The van der Waals surface area contributed by atoms with Crippen LogP contribution in [0.15, 0.2) is 0 Å². The molecule has 0 saturated carbocycles. The highest BCUT2D eigenvalue weighted by atomic mass is 31.2. The SMILES string of the molecule is CCCCCCCCCCCCC(=O)O[C@H](COC(=O)CCCCCCCCCC)COP(=O)(O)OC[C@@H](O)COP(=O)(O)OC[C@@H](COC(=O)CCCCCCC)OC(=O)CCCCCCCCCC. The number of phosphoric ester groups is 2. The maximum absolute atomic E-state index is 12.8. The molecule has 71 heavy (non-hydrogen) atoms. The van der Waals surface area contributed by atoms with Gasteiger partial charge in [-0.3, -0.25) is 37.3 Å². The van der Waals surface area contributed by atoms with Crippen LogP contribution in [0.5, 0.6) is 0 Å². The van der Waals surface area contributed by atoms with Gasteiger partial charge >= 0.3 is 39.5 Å². The van der Waals surface area contributed by atoms with Gasteiger partial charge in [0.25, 0.3) is 0 Å². The maximum Gasteiger partial charge on any atom is 0.472 e. The van der Waals surface area contributed by atoms with Crippen molar-refractivity contribution in [2.24, 2.45) is 0 Å². The number of aliphatic hydroxyl groups is 1. The molecular formula is C52H100O17P2. The van der Waals surface area contributed by atoms with E-state index in [1.54, 1.807) is 0 Å². The summed E-state index contributed by atoms with van der Waals surface area (Å²) < 4.78 is 67.1. The monoisotopic (exact) mass is 1060 g/mol. The van der Waals surface area contributed by atoms with E-state index in [-0.39, 0.29) is 25.7 Å². The van der Waals surface area contributed by atoms with Crippen LogP contribution in [0.4, 0.5) is 0 Å². The first-order valence-corrected chi connectivity index (χ1v) is 30.8. The quantitative estimate of drug-likeness (QED) is 0.0222. The van der Waals surface area contributed by atoms with E-state index in [1.807, 2.05) is 0 Å². The second-order valence-electron chi connectivity index (χ2n) is 18.9. The van der Waals surface area contributed by atoms with Gasteiger partial charge in [0, 0.05) is 25.7 Å². The number of hydrogen-bond acceptors (Lipinski definition) is 15. The molecule has 0 bridgehead atoms. The first-order chi connectivity index (χ1) is 34.2. The zero-order chi connectivity index (χ0) is 52.7. The Balaban J connectivity index is 5.17. The second-order valence-corrected chi connectivity index (χ2v) is 21.8. The van der Waals surface area contributed by atoms with Gasteiger partial charge in [-0.15, -0.1) is 0 Å². The van der Waals surface area contributed by atoms with Gasteiger partial charge in [0.1, 0.15) is 19.3 Å². The van der Waals surface area contributed by atoms with Gasteiger partial charge in [0.2, 0.25) is 0 Å². The summed E-state index contributed by atoms with van der Waals surface area (Å²) in [6.07, 6.45) is 28.4. The number of hydrogen-bond donors (Lipinski definition) is 3. The molecule has 0 saturated heterocycles. The molecule has 0 heterocycles. The van der Waals surface area contributed by atoms with Crippen molar-refractivity contribution < 1.29 is 80.2 Å². The zero-order valence-corrected chi connectivity index (χ0v) is 46.5. The lowest BCUT2D eigenvalue weighted by atomic mass is 10.1. The van der Waals surface area contributed by atoms with Crippen molar-refractivity contribution in [2.45, 2.75) is 271 Å². The molecule has 0 aliphatic carbocycles. The Hall–Kier alpha value is -1.94. The number of unbranched alkanes of at least 4 members (excludes halogenated alkanes) is 27. The first kappa shape index (κ1) is 69.1. The van der Waals surface area contributed by atoms with E-state index >= 15 is 0 Å². The third-order valence-corrected chi connectivity index (χ3v) is 13.8. The Morgan fingerprint density at radius 1 is 0.338 bits per heavy atom. The first-order valence-electron chi connectivity index (χ1n) is 27.8. The van der Waals surface area contributed by atoms with Crippen LogP contribution < -0.4 is 0 Å². The highest BCUT2D eigenvalue weighted by Crippen LogP contribution is 2.45. The summed E-state index contributed by atoms with van der Waals surface area (Å²) in [5, 5.41) is 10.4. The van der Waals surface area contributed by atoms with Crippen molar-refractivity contribution in [1.82, 2.24) is 0 Å². The third kappa shape index (κ3) is 47.5. The van der Waals surface area contributed by atoms with Gasteiger partial charge in [0.05, 0.1) is 26.4 Å². The molecule has 0 radical (unpaired) electrons. The van der Waals surface area contributed by atoms with Crippen molar-refractivity contribution in [3.63, 3.8) is 0 Å². The lowest BCUT2D eigenvalue weighted by molar-refractivity contribution is -0.161. The van der Waals surface area contributed by atoms with E-state index in [4.69, 9.17) is 37.0 Å². The Morgan fingerprint density at radius 3 is 0.831 bits per heavy atom. The van der Waals surface area contributed by atoms with E-state index in [0.29, 0.717) is 25.7 Å². The van der Waals surface area contributed by atoms with Crippen LogP contribution in [0.2, 0.25) is 0 Å². The molecule has 0 aliphatic rings. The fourth-order valence-corrected chi connectivity index (χ4v) is 9.09. The molecule has 0 aromatic rings. The van der Waals surface area contributed by atoms with E-state index < -0.39 is 97.5 Å². The Labute approximate surface area is 428 Å². The second kappa shape index (κ2) is 47.8. The minimum Gasteiger partial charge on any atom is -0.462 e. The molecule has 0 fully saturated rings. The number of rotatable bonds is 53. The van der Waals surface area contributed by atoms with Crippen LogP contribution in [0.1, 0.15) is 252 Å². The number of carbonyl (C=O) groups excluding carboxylic acids is 4. The topological polar surface area (TPSA) is 237 Å². The maximum atomic E-state index is 12.8. The van der Waals surface area contributed by atoms with E-state index in [0.717, 1.165) is 109 Å². The molecule has 19 heteroatoms. The van der Waals surface area contributed by atoms with Crippen molar-refractivity contribution >= 4 is 39.5 Å². The summed E-state index contributed by atoms with van der Waals surface area (Å²) in [5.41, 5.74) is 0. The largest absolute Gasteiger partial charge is 0.472 e. The minimum absolute atomic E-state index is 0.104. The molecule has 0 aromatic carbocycles. The van der Waals surface area contributed by atoms with Gasteiger partial charge in [-0.1, -0.05) is 201 Å². The standard InChI is InChI=1S/C52H100O17P2/c1-5-9-13-17-20-23-24-27-31-35-39-52(57)69-48(43-63-50(55)37-33-29-25-21-18-14-10-6-2)45-67-71(60,61)65-41-46(53)40-64-70(58,59)66-44-47(42-62-49(54)36-32-28-16-12-8-4)68-51(56)38-34-30-26-22-19-15-11-7-3/h46-48,53H,5-45H2,1-4H3,(H,58,59)(H,60,61)/t46-,47+,48+/m0/s1. The van der Waals surface area contributed by atoms with Crippen molar-refractivity contribution in [2.75, 3.05) is 39.6 Å². The summed E-state index contributed by atoms with van der Waals surface area (Å²) in [5.74, 6) is -2.17. The lowest BCUT2D eigenvalue weighted by Crippen LogP contribution is -2.30. The Morgan fingerprint density at radius 2 is 0.563 bits per heavy atom. The average molecular weight is 1060 g/mol. The van der Waals surface area contributed by atoms with Crippen molar-refractivity contribution in [1.29, 1.82) is 0 Å². The molecule has 0 aliphatic heterocycles. The van der Waals surface area contributed by atoms with Gasteiger partial charge in [-0.25, -0.2) is 9.13 Å². The third-order valence-electron chi connectivity index (χ3n) is 11.9. The fourth-order valence-electron chi connectivity index (χ4n) is 7.51. The molecule has 2 unspecified atom stereocenters. The molecule has 0 rings (SSSR count). The Kier molecular flexibility index (Phi) is 46.4. The number of esters is 4. The fraction of sp³-hybridized carbons (Fsp3) is 0.923. The molecule has 17 nitrogen and oxygen atoms in total. The number of ether oxygens (including phenoxy) is 4.